The third kappa shape index (κ3) is 9.88. The molecule has 20 heteroatoms. The summed E-state index contributed by atoms with van der Waals surface area (Å²) in [5.74, 6) is -1.44. The van der Waals surface area contributed by atoms with E-state index in [1.165, 1.54) is 11.9 Å². The number of imide groups is 1. The van der Waals surface area contributed by atoms with E-state index in [4.69, 9.17) is 0 Å². The van der Waals surface area contributed by atoms with E-state index in [2.05, 4.69) is 53.2 Å². The molecule has 0 saturated carbocycles. The van der Waals surface area contributed by atoms with Crippen molar-refractivity contribution in [3.05, 3.63) is 101 Å². The summed E-state index contributed by atoms with van der Waals surface area (Å²) in [6.45, 7) is 6.11. The van der Waals surface area contributed by atoms with Crippen LogP contribution in [0.15, 0.2) is 72.9 Å². The minimum Gasteiger partial charge on any atom is -0.371 e. The zero-order chi connectivity index (χ0) is 44.6. The van der Waals surface area contributed by atoms with Crippen LogP contribution >= 0.6 is 12.6 Å². The first-order chi connectivity index (χ1) is 30.0. The van der Waals surface area contributed by atoms with E-state index < -0.39 is 44.9 Å². The Morgan fingerprint density at radius 1 is 0.921 bits per heavy atom. The van der Waals surface area contributed by atoms with Gasteiger partial charge in [0, 0.05) is 95.0 Å². The smallest absolute Gasteiger partial charge is 0.371 e. The molecule has 3 saturated heterocycles. The predicted octanol–water partition coefficient (Wildman–Crippen LogP) is 5.22. The van der Waals surface area contributed by atoms with Crippen molar-refractivity contribution in [3.63, 3.8) is 0 Å². The first-order valence-corrected chi connectivity index (χ1v) is 23.1. The highest BCUT2D eigenvalue weighted by Gasteiger charge is 2.44. The van der Waals surface area contributed by atoms with E-state index in [0.717, 1.165) is 85.7 Å². The molecule has 0 spiro atoms. The highest BCUT2D eigenvalue weighted by atomic mass is 32.2. The number of halogens is 3. The number of nitrogens with one attached hydrogen (secondary N) is 3. The van der Waals surface area contributed by atoms with Gasteiger partial charge in [-0.3, -0.25) is 33.8 Å². The van der Waals surface area contributed by atoms with E-state index >= 15 is 0 Å². The maximum Gasteiger partial charge on any atom is 0.421 e. The molecule has 3 fully saturated rings. The molecule has 0 bridgehead atoms. The van der Waals surface area contributed by atoms with Crippen LogP contribution in [0.4, 0.5) is 42.0 Å². The van der Waals surface area contributed by atoms with Crippen molar-refractivity contribution in [1.29, 1.82) is 0 Å². The Bertz CT molecular complexity index is 2480. The van der Waals surface area contributed by atoms with Crippen LogP contribution in [-0.2, 0) is 38.9 Å². The van der Waals surface area contributed by atoms with Crippen molar-refractivity contribution in [2.75, 3.05) is 72.4 Å². The Kier molecular flexibility index (Phi) is 12.6. The molecule has 4 aromatic rings. The molecule has 4 aliphatic heterocycles. The van der Waals surface area contributed by atoms with Crippen molar-refractivity contribution >= 4 is 69.2 Å². The SMILES string of the molecule is CN(c1cccc(CNc2nc(Nc3ccc(N4CCC(N5CCN(Cc6ccc7c(c6)C(=O)N(C6CCC(=O)NC6=O)C7S)CC5)CC4)cc3)ncc2C(F)(F)F)c1)S(C)(=O)=O. The fourth-order valence-electron chi connectivity index (χ4n) is 8.71. The number of sulfonamides is 1. The van der Waals surface area contributed by atoms with E-state index in [1.54, 1.807) is 24.3 Å². The Morgan fingerprint density at radius 3 is 2.33 bits per heavy atom. The van der Waals surface area contributed by atoms with Gasteiger partial charge in [-0.25, -0.2) is 13.4 Å². The number of thiol groups is 1. The summed E-state index contributed by atoms with van der Waals surface area (Å²) in [6, 6.07) is 19.7. The van der Waals surface area contributed by atoms with Gasteiger partial charge < -0.3 is 20.4 Å². The Hall–Kier alpha value is -5.44. The van der Waals surface area contributed by atoms with Gasteiger partial charge in [-0.2, -0.15) is 18.2 Å². The average molecular weight is 907 g/mol. The number of rotatable bonds is 12. The van der Waals surface area contributed by atoms with Crippen LogP contribution < -0.4 is 25.2 Å². The molecule has 334 valence electrons. The maximum absolute atomic E-state index is 13.9. The molecule has 15 nitrogen and oxygen atoms in total. The number of benzene rings is 3. The molecule has 3 N–H and O–H groups in total. The number of carbonyl (C=O) groups excluding carboxylic acids is 3. The summed E-state index contributed by atoms with van der Waals surface area (Å²) in [7, 11) is -2.12. The predicted molar refractivity (Wildman–Crippen MR) is 236 cm³/mol. The third-order valence-electron chi connectivity index (χ3n) is 12.3. The van der Waals surface area contributed by atoms with Crippen LogP contribution in [-0.4, -0.2) is 115 Å². The van der Waals surface area contributed by atoms with E-state index in [0.29, 0.717) is 35.1 Å². The Balaban J connectivity index is 0.812. The number of hydrogen-bond donors (Lipinski definition) is 4. The molecule has 2 atom stereocenters. The number of piperidine rings is 2. The lowest BCUT2D eigenvalue weighted by atomic mass is 10.0. The molecule has 2 unspecified atom stereocenters. The van der Waals surface area contributed by atoms with Gasteiger partial charge in [0.1, 0.15) is 22.8 Å². The quantitative estimate of drug-likeness (QED) is 0.109. The van der Waals surface area contributed by atoms with Crippen LogP contribution in [0, 0.1) is 0 Å². The highest BCUT2D eigenvalue weighted by molar-refractivity contribution is 7.92. The fraction of sp³-hybridized carbons (Fsp3) is 0.419. The van der Waals surface area contributed by atoms with Gasteiger partial charge in [0.2, 0.25) is 27.8 Å². The molecule has 5 heterocycles. The molecule has 63 heavy (non-hydrogen) atoms. The van der Waals surface area contributed by atoms with Crippen molar-refractivity contribution in [1.82, 2.24) is 30.0 Å². The lowest BCUT2D eigenvalue weighted by Gasteiger charge is -2.43. The normalized spacial score (nSPS) is 20.4. The van der Waals surface area contributed by atoms with Crippen LogP contribution in [0.5, 0.6) is 0 Å². The third-order valence-corrected chi connectivity index (χ3v) is 14.0. The summed E-state index contributed by atoms with van der Waals surface area (Å²) < 4.78 is 66.9. The summed E-state index contributed by atoms with van der Waals surface area (Å²) in [5, 5.41) is 7.57. The molecule has 8 rings (SSSR count). The molecule has 0 radical (unpaired) electrons. The second kappa shape index (κ2) is 18.0. The monoisotopic (exact) mass is 906 g/mol. The molecule has 4 aliphatic rings. The number of amides is 3. The minimum atomic E-state index is -4.71. The number of aromatic nitrogens is 2. The maximum atomic E-state index is 13.9. The Morgan fingerprint density at radius 2 is 1.65 bits per heavy atom. The van der Waals surface area contributed by atoms with Crippen LogP contribution in [0.3, 0.4) is 0 Å². The van der Waals surface area contributed by atoms with Gasteiger partial charge in [-0.1, -0.05) is 24.3 Å². The molecule has 1 aromatic heterocycles. The first kappa shape index (κ1) is 44.2. The number of piperazine rings is 1. The van der Waals surface area contributed by atoms with Crippen LogP contribution in [0.25, 0.3) is 0 Å². The second-order valence-electron chi connectivity index (χ2n) is 16.4. The minimum absolute atomic E-state index is 0.0166. The first-order valence-electron chi connectivity index (χ1n) is 20.8. The number of carbonyl (C=O) groups is 3. The summed E-state index contributed by atoms with van der Waals surface area (Å²) in [6.07, 6.45) is -0.411. The lowest BCUT2D eigenvalue weighted by Crippen LogP contribution is -2.53. The highest BCUT2D eigenvalue weighted by Crippen LogP contribution is 2.40. The largest absolute Gasteiger partial charge is 0.421 e. The summed E-state index contributed by atoms with van der Waals surface area (Å²) in [5.41, 5.74) is 3.93. The van der Waals surface area contributed by atoms with Gasteiger partial charge >= 0.3 is 6.18 Å². The van der Waals surface area contributed by atoms with Crippen LogP contribution in [0.1, 0.15) is 63.7 Å². The zero-order valence-corrected chi connectivity index (χ0v) is 36.5. The number of anilines is 5. The molecule has 3 aromatic carbocycles. The number of fused-ring (bicyclic) bond motifs is 1. The van der Waals surface area contributed by atoms with Crippen molar-refractivity contribution in [2.24, 2.45) is 0 Å². The number of hydrogen-bond acceptors (Lipinski definition) is 13. The van der Waals surface area contributed by atoms with E-state index in [-0.39, 0.29) is 37.1 Å². The van der Waals surface area contributed by atoms with Crippen molar-refractivity contribution in [2.45, 2.75) is 62.4 Å². The van der Waals surface area contributed by atoms with Gasteiger partial charge in [-0.05, 0) is 78.4 Å². The lowest BCUT2D eigenvalue weighted by molar-refractivity contribution is -0.138. The van der Waals surface area contributed by atoms with Gasteiger partial charge in [0.15, 0.2) is 0 Å². The van der Waals surface area contributed by atoms with Crippen LogP contribution in [0.2, 0.25) is 0 Å². The Labute approximate surface area is 369 Å². The summed E-state index contributed by atoms with van der Waals surface area (Å²) >= 11 is 4.68. The molecular formula is C43H49F3N10O5S2. The zero-order valence-electron chi connectivity index (χ0n) is 34.8. The second-order valence-corrected chi connectivity index (χ2v) is 18.9. The standard InChI is InChI=1S/C43H49F3N10O5S2/c1-52(63(2,60)61)32-5-3-4-27(22-32)24-47-38-35(43(44,45)46)25-48-42(51-38)49-29-7-9-30(10-8-29)54-16-14-31(15-17-54)55-20-18-53(19-21-55)26-28-6-11-33-34(23-28)40(59)56(41(33)62)36-12-13-37(57)50-39(36)58/h3-11,22-23,25,31,36,41,62H,12-21,24,26H2,1-2H3,(H,50,57,58)(H2,47,48,49,51). The fourth-order valence-corrected chi connectivity index (χ4v) is 9.70. The number of alkyl halides is 3. The average Bonchev–Trinajstić information content (AvgIpc) is 3.50. The van der Waals surface area contributed by atoms with E-state index in [9.17, 15) is 36.0 Å². The van der Waals surface area contributed by atoms with Gasteiger partial charge in [0.25, 0.3) is 5.91 Å². The van der Waals surface area contributed by atoms with Crippen molar-refractivity contribution in [3.8, 4) is 0 Å². The molecule has 3 amide bonds. The van der Waals surface area contributed by atoms with E-state index in [1.807, 2.05) is 42.5 Å². The molecular weight excluding hydrogens is 858 g/mol. The van der Waals surface area contributed by atoms with Crippen molar-refractivity contribution < 1.29 is 36.0 Å². The molecule has 0 aliphatic carbocycles. The number of nitrogens with zero attached hydrogens (tertiary/aromatic N) is 7. The topological polar surface area (TPSA) is 163 Å². The summed E-state index contributed by atoms with van der Waals surface area (Å²) in [4.78, 5) is 54.6. The van der Waals surface area contributed by atoms with Gasteiger partial charge in [0.05, 0.1) is 11.9 Å². The van der Waals surface area contributed by atoms with Gasteiger partial charge in [-0.15, -0.1) is 12.6 Å².